The summed E-state index contributed by atoms with van der Waals surface area (Å²) < 4.78 is 0. The molecule has 2 N–H and O–H groups in total. The van der Waals surface area contributed by atoms with Gasteiger partial charge in [-0.1, -0.05) is 12.1 Å². The van der Waals surface area contributed by atoms with Gasteiger partial charge in [-0.3, -0.25) is 19.5 Å². The Morgan fingerprint density at radius 2 is 2.19 bits per heavy atom. The largest absolute Gasteiger partial charge is 0.355 e. The number of thiophene rings is 1. The Kier molecular flexibility index (Phi) is 6.35. The smallest absolute Gasteiger partial charge is 0.237 e. The van der Waals surface area contributed by atoms with E-state index in [1.807, 2.05) is 36.6 Å². The summed E-state index contributed by atoms with van der Waals surface area (Å²) in [4.78, 5) is 32.3. The molecule has 0 spiro atoms. The van der Waals surface area contributed by atoms with Crippen molar-refractivity contribution >= 4 is 23.2 Å². The normalized spacial score (nSPS) is 20.0. The van der Waals surface area contributed by atoms with Crippen LogP contribution in [-0.2, 0) is 22.6 Å². The Morgan fingerprint density at radius 1 is 1.31 bits per heavy atom. The van der Waals surface area contributed by atoms with E-state index in [-0.39, 0.29) is 30.3 Å². The molecule has 2 aromatic rings. The first-order chi connectivity index (χ1) is 12.7. The minimum absolute atomic E-state index is 0.0289. The number of likely N-dealkylation sites (tertiary alicyclic amines) is 1. The first-order valence-corrected chi connectivity index (χ1v) is 9.77. The third-order valence-corrected chi connectivity index (χ3v) is 5.29. The van der Waals surface area contributed by atoms with Crippen LogP contribution >= 0.6 is 11.3 Å². The number of pyridine rings is 1. The molecule has 26 heavy (non-hydrogen) atoms. The molecule has 0 aromatic carbocycles. The number of aromatic nitrogens is 1. The zero-order valence-electron chi connectivity index (χ0n) is 14.9. The van der Waals surface area contributed by atoms with Gasteiger partial charge in [0.05, 0.1) is 12.5 Å². The third kappa shape index (κ3) is 4.89. The number of amides is 2. The number of likely N-dealkylation sites (N-methyl/N-ethyl adjacent to an activating group) is 1. The molecule has 1 aliphatic rings. The van der Waals surface area contributed by atoms with E-state index in [1.54, 1.807) is 17.5 Å². The lowest BCUT2D eigenvalue weighted by Gasteiger charge is -2.22. The van der Waals surface area contributed by atoms with Crippen molar-refractivity contribution in [2.45, 2.75) is 38.4 Å². The zero-order valence-corrected chi connectivity index (χ0v) is 15.7. The molecule has 2 aromatic heterocycles. The molecular formula is C19H24N4O2S. The van der Waals surface area contributed by atoms with E-state index in [0.717, 1.165) is 12.2 Å². The second kappa shape index (κ2) is 8.91. The van der Waals surface area contributed by atoms with Crippen molar-refractivity contribution < 1.29 is 9.59 Å². The SMILES string of the molecule is CCNC(=O)[C@@H]1C[C@H](NC(=O)Cc2ccccn2)CN1Cc1cccs1. The molecule has 138 valence electrons. The summed E-state index contributed by atoms with van der Waals surface area (Å²) in [5.41, 5.74) is 0.749. The molecule has 0 aliphatic carbocycles. The Bertz CT molecular complexity index is 720. The van der Waals surface area contributed by atoms with E-state index in [1.165, 1.54) is 4.88 Å². The van der Waals surface area contributed by atoms with Gasteiger partial charge < -0.3 is 10.6 Å². The van der Waals surface area contributed by atoms with Gasteiger partial charge in [0.15, 0.2) is 0 Å². The second-order valence-electron chi connectivity index (χ2n) is 6.42. The van der Waals surface area contributed by atoms with Crippen LogP contribution in [0, 0.1) is 0 Å². The van der Waals surface area contributed by atoms with Gasteiger partial charge in [0.1, 0.15) is 0 Å². The number of nitrogens with zero attached hydrogens (tertiary/aromatic N) is 2. The summed E-state index contributed by atoms with van der Waals surface area (Å²) in [5.74, 6) is -0.0214. The molecule has 6 nitrogen and oxygen atoms in total. The summed E-state index contributed by atoms with van der Waals surface area (Å²) in [7, 11) is 0. The van der Waals surface area contributed by atoms with Crippen LogP contribution in [0.15, 0.2) is 41.9 Å². The number of carbonyl (C=O) groups is 2. The highest BCUT2D eigenvalue weighted by atomic mass is 32.1. The first kappa shape index (κ1) is 18.5. The number of rotatable bonds is 7. The fourth-order valence-corrected chi connectivity index (χ4v) is 4.03. The van der Waals surface area contributed by atoms with E-state index in [4.69, 9.17) is 0 Å². The van der Waals surface area contributed by atoms with Crippen LogP contribution in [0.2, 0.25) is 0 Å². The summed E-state index contributed by atoms with van der Waals surface area (Å²) in [5, 5.41) is 8.02. The fourth-order valence-electron chi connectivity index (χ4n) is 3.30. The lowest BCUT2D eigenvalue weighted by Crippen LogP contribution is -2.42. The van der Waals surface area contributed by atoms with Crippen molar-refractivity contribution in [2.24, 2.45) is 0 Å². The number of hydrogen-bond acceptors (Lipinski definition) is 5. The minimum Gasteiger partial charge on any atom is -0.355 e. The number of hydrogen-bond donors (Lipinski definition) is 2. The van der Waals surface area contributed by atoms with Crippen LogP contribution < -0.4 is 10.6 Å². The lowest BCUT2D eigenvalue weighted by molar-refractivity contribution is -0.125. The predicted molar refractivity (Wildman–Crippen MR) is 102 cm³/mol. The standard InChI is InChI=1S/C19H24N4O2S/c1-2-20-19(25)17-10-15(12-23(17)13-16-7-5-9-26-16)22-18(24)11-14-6-3-4-8-21-14/h3-9,15,17H,2,10-13H2,1H3,(H,20,25)(H,22,24)/t15-,17-/m0/s1. The van der Waals surface area contributed by atoms with Crippen molar-refractivity contribution in [3.8, 4) is 0 Å². The molecule has 2 amide bonds. The van der Waals surface area contributed by atoms with E-state index in [2.05, 4.69) is 26.6 Å². The molecule has 2 atom stereocenters. The first-order valence-electron chi connectivity index (χ1n) is 8.89. The van der Waals surface area contributed by atoms with Crippen molar-refractivity contribution in [3.63, 3.8) is 0 Å². The van der Waals surface area contributed by atoms with Gasteiger partial charge in [-0.15, -0.1) is 11.3 Å². The van der Waals surface area contributed by atoms with E-state index < -0.39 is 0 Å². The van der Waals surface area contributed by atoms with Gasteiger partial charge in [0.25, 0.3) is 0 Å². The van der Waals surface area contributed by atoms with Crippen LogP contribution in [0.3, 0.4) is 0 Å². The van der Waals surface area contributed by atoms with Crippen LogP contribution in [0.5, 0.6) is 0 Å². The molecule has 0 radical (unpaired) electrons. The maximum atomic E-state index is 12.4. The molecule has 0 bridgehead atoms. The van der Waals surface area contributed by atoms with Crippen molar-refractivity contribution in [2.75, 3.05) is 13.1 Å². The van der Waals surface area contributed by atoms with E-state index in [0.29, 0.717) is 19.5 Å². The van der Waals surface area contributed by atoms with Gasteiger partial charge in [-0.25, -0.2) is 0 Å². The lowest BCUT2D eigenvalue weighted by atomic mass is 10.1. The predicted octanol–water partition coefficient (Wildman–Crippen LogP) is 1.58. The Morgan fingerprint density at radius 3 is 2.88 bits per heavy atom. The monoisotopic (exact) mass is 372 g/mol. The summed E-state index contributed by atoms with van der Waals surface area (Å²) >= 11 is 1.68. The Labute approximate surface area is 157 Å². The molecule has 0 unspecified atom stereocenters. The van der Waals surface area contributed by atoms with E-state index >= 15 is 0 Å². The topological polar surface area (TPSA) is 74.3 Å². The highest BCUT2D eigenvalue weighted by Gasteiger charge is 2.37. The molecule has 1 saturated heterocycles. The van der Waals surface area contributed by atoms with Gasteiger partial charge in [-0.05, 0) is 36.9 Å². The van der Waals surface area contributed by atoms with Gasteiger partial charge in [0, 0.05) is 42.4 Å². The van der Waals surface area contributed by atoms with Crippen LogP contribution in [-0.4, -0.2) is 46.9 Å². The maximum Gasteiger partial charge on any atom is 0.237 e. The average Bonchev–Trinajstić information content (AvgIpc) is 3.26. The Hall–Kier alpha value is -2.25. The van der Waals surface area contributed by atoms with Crippen LogP contribution in [0.4, 0.5) is 0 Å². The molecular weight excluding hydrogens is 348 g/mol. The van der Waals surface area contributed by atoms with Gasteiger partial charge in [0.2, 0.25) is 11.8 Å². The van der Waals surface area contributed by atoms with E-state index in [9.17, 15) is 9.59 Å². The summed E-state index contributed by atoms with van der Waals surface area (Å²) in [6.45, 7) is 3.93. The quantitative estimate of drug-likeness (QED) is 0.774. The average molecular weight is 372 g/mol. The molecule has 7 heteroatoms. The number of carbonyl (C=O) groups excluding carboxylic acids is 2. The minimum atomic E-state index is -0.211. The number of nitrogens with one attached hydrogen (secondary N) is 2. The summed E-state index contributed by atoms with van der Waals surface area (Å²) in [6, 6.07) is 9.40. The fraction of sp³-hybridized carbons (Fsp3) is 0.421. The highest BCUT2D eigenvalue weighted by Crippen LogP contribution is 2.23. The summed E-state index contributed by atoms with van der Waals surface area (Å²) in [6.07, 6.45) is 2.57. The zero-order chi connectivity index (χ0) is 18.4. The third-order valence-electron chi connectivity index (χ3n) is 4.43. The van der Waals surface area contributed by atoms with Crippen LogP contribution in [0.25, 0.3) is 0 Å². The molecule has 0 saturated carbocycles. The Balaban J connectivity index is 1.61. The molecule has 1 aliphatic heterocycles. The highest BCUT2D eigenvalue weighted by molar-refractivity contribution is 7.09. The maximum absolute atomic E-state index is 12.4. The second-order valence-corrected chi connectivity index (χ2v) is 7.45. The van der Waals surface area contributed by atoms with Gasteiger partial charge >= 0.3 is 0 Å². The molecule has 3 rings (SSSR count). The van der Waals surface area contributed by atoms with Gasteiger partial charge in [-0.2, -0.15) is 0 Å². The van der Waals surface area contributed by atoms with Crippen molar-refractivity contribution in [1.82, 2.24) is 20.5 Å². The molecule has 1 fully saturated rings. The van der Waals surface area contributed by atoms with Crippen molar-refractivity contribution in [3.05, 3.63) is 52.5 Å². The van der Waals surface area contributed by atoms with Crippen molar-refractivity contribution in [1.29, 1.82) is 0 Å². The molecule has 3 heterocycles. The van der Waals surface area contributed by atoms with Crippen LogP contribution in [0.1, 0.15) is 23.9 Å².